The number of rotatable bonds is 3. The number of piperidine rings is 1. The van der Waals surface area contributed by atoms with Gasteiger partial charge in [-0.25, -0.2) is 9.97 Å². The average molecular weight is 340 g/mol. The highest BCUT2D eigenvalue weighted by Crippen LogP contribution is 2.50. The van der Waals surface area contributed by atoms with Crippen LogP contribution in [-0.4, -0.2) is 49.0 Å². The normalized spacial score (nSPS) is 21.3. The van der Waals surface area contributed by atoms with E-state index >= 15 is 0 Å². The van der Waals surface area contributed by atoms with Gasteiger partial charge in [0.25, 0.3) is 5.91 Å². The second-order valence-corrected chi connectivity index (χ2v) is 6.98. The lowest BCUT2D eigenvalue weighted by Gasteiger charge is -2.39. The molecule has 0 bridgehead atoms. The molecule has 1 atom stereocenters. The molecule has 3 N–H and O–H groups in total. The van der Waals surface area contributed by atoms with Crippen LogP contribution in [0.5, 0.6) is 0 Å². The highest BCUT2D eigenvalue weighted by atomic mass is 16.2. The fourth-order valence-corrected chi connectivity index (χ4v) is 3.67. The molecule has 1 saturated heterocycles. The maximum absolute atomic E-state index is 12.9. The molecule has 25 heavy (non-hydrogen) atoms. The summed E-state index contributed by atoms with van der Waals surface area (Å²) in [7, 11) is 0. The van der Waals surface area contributed by atoms with Crippen molar-refractivity contribution in [1.29, 1.82) is 0 Å². The molecule has 130 valence electrons. The molecule has 1 saturated carbocycles. The van der Waals surface area contributed by atoms with Crippen molar-refractivity contribution in [3.05, 3.63) is 29.8 Å². The standard InChI is InChI=1S/C17H20N6O2/c1-10-6-12(20-9-19-10)13-7-14(22-21-13)16(25)23-5-2-11(15(18)24)8-17(23)3-4-17/h6-7,9,11H,2-5,8H2,1H3,(H2,18,24)(H,21,22)/t11-/m0/s1. The van der Waals surface area contributed by atoms with Crippen molar-refractivity contribution in [3.8, 4) is 11.4 Å². The number of nitrogens with one attached hydrogen (secondary N) is 1. The summed E-state index contributed by atoms with van der Waals surface area (Å²) in [5, 5.41) is 7.04. The molecule has 2 aromatic heterocycles. The number of carbonyl (C=O) groups excluding carboxylic acids is 2. The maximum atomic E-state index is 12.9. The predicted molar refractivity (Wildman–Crippen MR) is 89.3 cm³/mol. The quantitative estimate of drug-likeness (QED) is 0.865. The Bertz CT molecular complexity index is 841. The summed E-state index contributed by atoms with van der Waals surface area (Å²) in [6.07, 6.45) is 4.62. The van der Waals surface area contributed by atoms with E-state index in [1.54, 1.807) is 6.07 Å². The topological polar surface area (TPSA) is 118 Å². The average Bonchev–Trinajstić information content (AvgIpc) is 3.17. The predicted octanol–water partition coefficient (Wildman–Crippen LogP) is 1.05. The van der Waals surface area contributed by atoms with Crippen LogP contribution in [0.3, 0.4) is 0 Å². The molecule has 1 spiro atoms. The van der Waals surface area contributed by atoms with Gasteiger partial charge in [-0.2, -0.15) is 5.10 Å². The molecule has 4 rings (SSSR count). The van der Waals surface area contributed by atoms with Crippen LogP contribution in [-0.2, 0) is 4.79 Å². The maximum Gasteiger partial charge on any atom is 0.272 e. The van der Waals surface area contributed by atoms with Crippen LogP contribution >= 0.6 is 0 Å². The fraction of sp³-hybridized carbons (Fsp3) is 0.471. The van der Waals surface area contributed by atoms with Gasteiger partial charge in [0.2, 0.25) is 5.91 Å². The van der Waals surface area contributed by atoms with Gasteiger partial charge in [0.15, 0.2) is 0 Å². The summed E-state index contributed by atoms with van der Waals surface area (Å²) < 4.78 is 0. The molecule has 8 nitrogen and oxygen atoms in total. The number of primary amides is 1. The Morgan fingerprint density at radius 2 is 2.08 bits per heavy atom. The van der Waals surface area contributed by atoms with Gasteiger partial charge in [-0.1, -0.05) is 0 Å². The van der Waals surface area contributed by atoms with Gasteiger partial charge in [0, 0.05) is 23.7 Å². The smallest absolute Gasteiger partial charge is 0.272 e. The molecule has 0 radical (unpaired) electrons. The lowest BCUT2D eigenvalue weighted by atomic mass is 9.88. The molecule has 0 unspecified atom stereocenters. The Kier molecular flexibility index (Phi) is 3.55. The Balaban J connectivity index is 1.55. The number of amides is 2. The van der Waals surface area contributed by atoms with Crippen LogP contribution in [0.2, 0.25) is 0 Å². The van der Waals surface area contributed by atoms with Crippen LogP contribution < -0.4 is 5.73 Å². The number of H-pyrrole nitrogens is 1. The highest BCUT2D eigenvalue weighted by molar-refractivity contribution is 5.94. The number of carbonyl (C=O) groups is 2. The lowest BCUT2D eigenvalue weighted by molar-refractivity contribution is -0.123. The van der Waals surface area contributed by atoms with Gasteiger partial charge in [0.1, 0.15) is 17.7 Å². The van der Waals surface area contributed by atoms with Crippen molar-refractivity contribution in [1.82, 2.24) is 25.1 Å². The van der Waals surface area contributed by atoms with Crippen LogP contribution in [0.15, 0.2) is 18.5 Å². The van der Waals surface area contributed by atoms with E-state index in [2.05, 4.69) is 20.2 Å². The van der Waals surface area contributed by atoms with Crippen LogP contribution in [0.25, 0.3) is 11.4 Å². The first kappa shape index (κ1) is 15.7. The Morgan fingerprint density at radius 3 is 2.76 bits per heavy atom. The highest BCUT2D eigenvalue weighted by Gasteiger charge is 2.54. The van der Waals surface area contributed by atoms with E-state index in [1.807, 2.05) is 17.9 Å². The summed E-state index contributed by atoms with van der Waals surface area (Å²) in [6.45, 7) is 2.43. The third-order valence-corrected chi connectivity index (χ3v) is 5.25. The first-order chi connectivity index (χ1) is 12.0. The Hall–Kier alpha value is -2.77. The number of nitrogens with zero attached hydrogens (tertiary/aromatic N) is 4. The van der Waals surface area contributed by atoms with E-state index in [9.17, 15) is 9.59 Å². The van der Waals surface area contributed by atoms with Crippen molar-refractivity contribution in [2.75, 3.05) is 6.54 Å². The van der Waals surface area contributed by atoms with Gasteiger partial charge in [-0.05, 0) is 44.7 Å². The Labute approximate surface area is 144 Å². The van der Waals surface area contributed by atoms with E-state index < -0.39 is 0 Å². The SMILES string of the molecule is Cc1cc(-c2cc(C(=O)N3CC[C@H](C(N)=O)CC34CC4)[nH]n2)ncn1. The summed E-state index contributed by atoms with van der Waals surface area (Å²) in [5.41, 5.74) is 7.83. The lowest BCUT2D eigenvalue weighted by Crippen LogP contribution is -2.50. The van der Waals surface area contributed by atoms with Gasteiger partial charge in [-0.3, -0.25) is 14.7 Å². The molecule has 3 heterocycles. The number of nitrogens with two attached hydrogens (primary N) is 1. The first-order valence-corrected chi connectivity index (χ1v) is 8.44. The van der Waals surface area contributed by atoms with E-state index in [4.69, 9.17) is 5.73 Å². The molecule has 2 aromatic rings. The second kappa shape index (κ2) is 5.65. The van der Waals surface area contributed by atoms with Gasteiger partial charge >= 0.3 is 0 Å². The summed E-state index contributed by atoms with van der Waals surface area (Å²) in [4.78, 5) is 34.6. The van der Waals surface area contributed by atoms with Crippen LogP contribution in [0, 0.1) is 12.8 Å². The molecular formula is C17H20N6O2. The van der Waals surface area contributed by atoms with Gasteiger partial charge in [-0.15, -0.1) is 0 Å². The minimum absolute atomic E-state index is 0.0788. The molecule has 1 aliphatic carbocycles. The van der Waals surface area contributed by atoms with Gasteiger partial charge in [0.05, 0.1) is 5.69 Å². The molecule has 0 aromatic carbocycles. The van der Waals surface area contributed by atoms with Crippen molar-refractivity contribution in [2.24, 2.45) is 11.7 Å². The molecule has 1 aliphatic heterocycles. The van der Waals surface area contributed by atoms with E-state index in [1.165, 1.54) is 6.33 Å². The Morgan fingerprint density at radius 1 is 1.28 bits per heavy atom. The number of aromatic amines is 1. The van der Waals surface area contributed by atoms with E-state index in [0.29, 0.717) is 36.5 Å². The zero-order valence-corrected chi connectivity index (χ0v) is 14.0. The van der Waals surface area contributed by atoms with Crippen molar-refractivity contribution < 1.29 is 9.59 Å². The molecule has 2 fully saturated rings. The van der Waals surface area contributed by atoms with Crippen molar-refractivity contribution in [3.63, 3.8) is 0 Å². The number of likely N-dealkylation sites (tertiary alicyclic amines) is 1. The monoisotopic (exact) mass is 340 g/mol. The second-order valence-electron chi connectivity index (χ2n) is 6.98. The molecular weight excluding hydrogens is 320 g/mol. The number of aryl methyl sites for hydroxylation is 1. The third-order valence-electron chi connectivity index (χ3n) is 5.25. The van der Waals surface area contributed by atoms with Crippen molar-refractivity contribution in [2.45, 2.75) is 38.1 Å². The van der Waals surface area contributed by atoms with Crippen LogP contribution in [0.1, 0.15) is 41.9 Å². The van der Waals surface area contributed by atoms with Gasteiger partial charge < -0.3 is 10.6 Å². The minimum atomic E-state index is -0.263. The molecule has 2 amide bonds. The first-order valence-electron chi connectivity index (χ1n) is 8.44. The number of hydrogen-bond donors (Lipinski definition) is 2. The summed E-state index contributed by atoms with van der Waals surface area (Å²) in [6, 6.07) is 3.55. The zero-order chi connectivity index (χ0) is 17.6. The van der Waals surface area contributed by atoms with E-state index in [-0.39, 0.29) is 23.3 Å². The van der Waals surface area contributed by atoms with E-state index in [0.717, 1.165) is 18.5 Å². The van der Waals surface area contributed by atoms with Crippen LogP contribution in [0.4, 0.5) is 0 Å². The number of aromatic nitrogens is 4. The minimum Gasteiger partial charge on any atom is -0.369 e. The largest absolute Gasteiger partial charge is 0.369 e. The fourth-order valence-electron chi connectivity index (χ4n) is 3.67. The summed E-state index contributed by atoms with van der Waals surface area (Å²) >= 11 is 0. The molecule has 2 aliphatic rings. The molecule has 8 heteroatoms. The summed E-state index contributed by atoms with van der Waals surface area (Å²) in [5.74, 6) is -0.473. The number of hydrogen-bond acceptors (Lipinski definition) is 5. The van der Waals surface area contributed by atoms with Crippen molar-refractivity contribution >= 4 is 11.8 Å². The zero-order valence-electron chi connectivity index (χ0n) is 14.0. The third kappa shape index (κ3) is 2.77.